The van der Waals surface area contributed by atoms with Crippen molar-refractivity contribution >= 4 is 24.5 Å². The highest BCUT2D eigenvalue weighted by molar-refractivity contribution is 6.62. The molecule has 4 aliphatic heterocycles. The van der Waals surface area contributed by atoms with E-state index in [1.54, 1.807) is 19.1 Å². The summed E-state index contributed by atoms with van der Waals surface area (Å²) in [6.07, 6.45) is 1.80. The van der Waals surface area contributed by atoms with Gasteiger partial charge in [-0.15, -0.1) is 0 Å². The number of esters is 1. The minimum atomic E-state index is -1.01. The molecule has 0 aliphatic carbocycles. The Kier molecular flexibility index (Phi) is 5.18. The molecule has 2 unspecified atom stereocenters. The van der Waals surface area contributed by atoms with Crippen molar-refractivity contribution in [2.45, 2.75) is 32.2 Å². The number of hydrogen-bond acceptors (Lipinski definition) is 7. The van der Waals surface area contributed by atoms with Crippen molar-refractivity contribution < 1.29 is 28.7 Å². The summed E-state index contributed by atoms with van der Waals surface area (Å²) in [4.78, 5) is 26.5. The van der Waals surface area contributed by atoms with Gasteiger partial charge in [-0.05, 0) is 29.6 Å². The molecule has 3 saturated heterocycles. The second kappa shape index (κ2) is 7.59. The van der Waals surface area contributed by atoms with E-state index in [0.29, 0.717) is 48.6 Å². The molecule has 144 valence electrons. The van der Waals surface area contributed by atoms with Crippen molar-refractivity contribution in [2.75, 3.05) is 32.8 Å². The fourth-order valence-corrected chi connectivity index (χ4v) is 3.96. The van der Waals surface area contributed by atoms with Crippen LogP contribution in [-0.2, 0) is 25.5 Å². The minimum Gasteiger partial charge on any atom is -0.463 e. The summed E-state index contributed by atoms with van der Waals surface area (Å²) in [5.41, 5.74) is 2.58. The Morgan fingerprint density at radius 3 is 2.85 bits per heavy atom. The lowest BCUT2D eigenvalue weighted by atomic mass is 9.75. The van der Waals surface area contributed by atoms with Crippen molar-refractivity contribution in [3.05, 3.63) is 28.8 Å². The number of benzene rings is 1. The average Bonchev–Trinajstić information content (AvgIpc) is 3.01. The van der Waals surface area contributed by atoms with Crippen LogP contribution in [0.3, 0.4) is 0 Å². The van der Waals surface area contributed by atoms with Crippen LogP contribution >= 0.6 is 0 Å². The number of nitrogens with one attached hydrogen (secondary N) is 1. The van der Waals surface area contributed by atoms with Gasteiger partial charge in [0.05, 0.1) is 18.8 Å². The Morgan fingerprint density at radius 2 is 2.11 bits per heavy atom. The molecule has 2 N–H and O–H groups in total. The molecule has 1 aromatic carbocycles. The normalized spacial score (nSPS) is 23.6. The average molecular weight is 374 g/mol. The van der Waals surface area contributed by atoms with Crippen LogP contribution in [0.1, 0.15) is 27.9 Å². The SMILES string of the molecule is Cc1c(C(=O)NCC(=O)OCCN2CC3CC(C2)O3)ccc2c1B(O)OC2. The second-order valence-corrected chi connectivity index (χ2v) is 7.25. The van der Waals surface area contributed by atoms with Gasteiger partial charge in [-0.2, -0.15) is 0 Å². The summed E-state index contributed by atoms with van der Waals surface area (Å²) in [5.74, 6) is -0.844. The molecule has 1 amide bonds. The summed E-state index contributed by atoms with van der Waals surface area (Å²) in [6, 6.07) is 3.44. The molecule has 5 rings (SSSR count). The van der Waals surface area contributed by atoms with Gasteiger partial charge in [-0.1, -0.05) is 6.07 Å². The zero-order chi connectivity index (χ0) is 19.0. The van der Waals surface area contributed by atoms with Gasteiger partial charge in [0.1, 0.15) is 13.2 Å². The molecule has 27 heavy (non-hydrogen) atoms. The molecule has 8 nitrogen and oxygen atoms in total. The Morgan fingerprint density at radius 1 is 1.37 bits per heavy atom. The van der Waals surface area contributed by atoms with Gasteiger partial charge in [0, 0.05) is 31.6 Å². The first kappa shape index (κ1) is 18.4. The van der Waals surface area contributed by atoms with Gasteiger partial charge in [-0.25, -0.2) is 0 Å². The lowest BCUT2D eigenvalue weighted by Crippen LogP contribution is -2.57. The number of hydrogen-bond donors (Lipinski definition) is 2. The molecule has 2 atom stereocenters. The van der Waals surface area contributed by atoms with Crippen molar-refractivity contribution in [3.63, 3.8) is 0 Å². The number of morpholine rings is 1. The minimum absolute atomic E-state index is 0.192. The summed E-state index contributed by atoms with van der Waals surface area (Å²) in [6.45, 7) is 4.65. The van der Waals surface area contributed by atoms with Gasteiger partial charge in [0.25, 0.3) is 5.91 Å². The second-order valence-electron chi connectivity index (χ2n) is 7.25. The molecule has 0 spiro atoms. The number of piperidine rings is 1. The van der Waals surface area contributed by atoms with E-state index in [2.05, 4.69) is 10.2 Å². The predicted octanol–water partition coefficient (Wildman–Crippen LogP) is -1.04. The predicted molar refractivity (Wildman–Crippen MR) is 96.6 cm³/mol. The maximum Gasteiger partial charge on any atom is 0.492 e. The number of amides is 1. The molecule has 0 saturated carbocycles. The van der Waals surface area contributed by atoms with E-state index < -0.39 is 13.1 Å². The Bertz CT molecular complexity index is 742. The van der Waals surface area contributed by atoms with Crippen LogP contribution in [0.2, 0.25) is 0 Å². The van der Waals surface area contributed by atoms with Crippen LogP contribution in [0, 0.1) is 6.92 Å². The van der Waals surface area contributed by atoms with E-state index in [1.807, 2.05) is 0 Å². The van der Waals surface area contributed by atoms with Crippen molar-refractivity contribution in [3.8, 4) is 0 Å². The van der Waals surface area contributed by atoms with Crippen molar-refractivity contribution in [1.29, 1.82) is 0 Å². The summed E-state index contributed by atoms with van der Waals surface area (Å²) in [7, 11) is -1.01. The van der Waals surface area contributed by atoms with E-state index in [9.17, 15) is 14.6 Å². The highest BCUT2D eigenvalue weighted by atomic mass is 16.5. The first-order valence-corrected chi connectivity index (χ1v) is 9.25. The molecule has 2 bridgehead atoms. The maximum absolute atomic E-state index is 12.4. The highest BCUT2D eigenvalue weighted by Crippen LogP contribution is 2.27. The van der Waals surface area contributed by atoms with Gasteiger partial charge >= 0.3 is 13.1 Å². The van der Waals surface area contributed by atoms with Gasteiger partial charge in [0.2, 0.25) is 0 Å². The summed E-state index contributed by atoms with van der Waals surface area (Å²) in [5, 5.41) is 12.4. The van der Waals surface area contributed by atoms with Gasteiger partial charge in [-0.3, -0.25) is 14.5 Å². The molecule has 0 radical (unpaired) electrons. The smallest absolute Gasteiger partial charge is 0.463 e. The zero-order valence-electron chi connectivity index (χ0n) is 15.3. The Hall–Kier alpha value is -1.94. The van der Waals surface area contributed by atoms with E-state index in [0.717, 1.165) is 25.1 Å². The van der Waals surface area contributed by atoms with E-state index in [4.69, 9.17) is 14.1 Å². The summed E-state index contributed by atoms with van der Waals surface area (Å²) >= 11 is 0. The maximum atomic E-state index is 12.4. The van der Waals surface area contributed by atoms with Crippen LogP contribution in [-0.4, -0.2) is 73.9 Å². The number of ether oxygens (including phenoxy) is 2. The lowest BCUT2D eigenvalue weighted by Gasteiger charge is -2.47. The quantitative estimate of drug-likeness (QED) is 0.485. The van der Waals surface area contributed by atoms with Crippen LogP contribution in [0.5, 0.6) is 0 Å². The molecule has 4 aliphatic rings. The zero-order valence-corrected chi connectivity index (χ0v) is 15.3. The largest absolute Gasteiger partial charge is 0.492 e. The van der Waals surface area contributed by atoms with Crippen LogP contribution < -0.4 is 10.8 Å². The first-order valence-electron chi connectivity index (χ1n) is 9.25. The molecule has 4 heterocycles. The van der Waals surface area contributed by atoms with Crippen molar-refractivity contribution in [1.82, 2.24) is 10.2 Å². The standard InChI is InChI=1S/C18H23BN2O6/c1-11-15(3-2-12-10-26-19(24)17(11)12)18(23)20-7-16(22)25-5-4-21-8-13-6-14(9-21)27-13/h2-3,13-14,24H,4-10H2,1H3,(H,20,23). The molecule has 3 fully saturated rings. The first-order chi connectivity index (χ1) is 13.0. The molecular weight excluding hydrogens is 351 g/mol. The number of nitrogens with zero attached hydrogens (tertiary/aromatic N) is 1. The third-order valence-electron chi connectivity index (χ3n) is 5.39. The highest BCUT2D eigenvalue weighted by Gasteiger charge is 2.38. The lowest BCUT2D eigenvalue weighted by molar-refractivity contribution is -0.182. The number of carbonyl (C=O) groups excluding carboxylic acids is 2. The molecule has 0 aromatic heterocycles. The van der Waals surface area contributed by atoms with Crippen LogP contribution in [0.4, 0.5) is 0 Å². The van der Waals surface area contributed by atoms with E-state index in [1.165, 1.54) is 0 Å². The van der Waals surface area contributed by atoms with Crippen molar-refractivity contribution in [2.24, 2.45) is 0 Å². The fraction of sp³-hybridized carbons (Fsp3) is 0.556. The monoisotopic (exact) mass is 374 g/mol. The van der Waals surface area contributed by atoms with Crippen LogP contribution in [0.15, 0.2) is 12.1 Å². The molecule has 1 aromatic rings. The number of fused-ring (bicyclic) bond motifs is 3. The Balaban J connectivity index is 1.22. The van der Waals surface area contributed by atoms with E-state index in [-0.39, 0.29) is 12.5 Å². The summed E-state index contributed by atoms with van der Waals surface area (Å²) < 4.78 is 15.9. The molecule has 9 heteroatoms. The number of rotatable bonds is 6. The van der Waals surface area contributed by atoms with Gasteiger partial charge in [0.15, 0.2) is 0 Å². The Labute approximate surface area is 157 Å². The number of carbonyl (C=O) groups is 2. The van der Waals surface area contributed by atoms with Crippen LogP contribution in [0.25, 0.3) is 0 Å². The topological polar surface area (TPSA) is 97.3 Å². The molecular formula is C18H23BN2O6. The van der Waals surface area contributed by atoms with E-state index >= 15 is 0 Å². The van der Waals surface area contributed by atoms with Gasteiger partial charge < -0.3 is 24.5 Å². The third-order valence-corrected chi connectivity index (χ3v) is 5.39. The third kappa shape index (κ3) is 3.86. The fourth-order valence-electron chi connectivity index (χ4n) is 3.96.